The first-order valence-electron chi connectivity index (χ1n) is 9.25. The number of carbonyl (C=O) groups is 2. The van der Waals surface area contributed by atoms with Gasteiger partial charge in [-0.05, 0) is 33.1 Å². The van der Waals surface area contributed by atoms with Crippen LogP contribution in [0.2, 0.25) is 0 Å². The average Bonchev–Trinajstić information content (AvgIpc) is 2.56. The number of hydrogen-bond acceptors (Lipinski definition) is 5. The van der Waals surface area contributed by atoms with Crippen molar-refractivity contribution in [2.45, 2.75) is 53.1 Å². The van der Waals surface area contributed by atoms with E-state index in [-0.39, 0.29) is 30.4 Å². The van der Waals surface area contributed by atoms with E-state index in [1.54, 1.807) is 0 Å². The third-order valence-corrected chi connectivity index (χ3v) is 3.20. The molecule has 0 saturated heterocycles. The van der Waals surface area contributed by atoms with E-state index in [9.17, 15) is 9.59 Å². The summed E-state index contributed by atoms with van der Waals surface area (Å²) in [5, 5.41) is 5.64. The zero-order valence-electron chi connectivity index (χ0n) is 16.3. The minimum absolute atomic E-state index is 0.0276. The molecule has 0 unspecified atom stereocenters. The van der Waals surface area contributed by atoms with E-state index in [0.717, 1.165) is 19.3 Å². The lowest BCUT2D eigenvalue weighted by molar-refractivity contribution is -0.127. The van der Waals surface area contributed by atoms with Crippen LogP contribution in [0.25, 0.3) is 0 Å². The Kier molecular flexibility index (Phi) is 15.5. The van der Waals surface area contributed by atoms with Gasteiger partial charge in [0.2, 0.25) is 11.8 Å². The fraction of sp³-hybridized carbons (Fsp3) is 0.889. The third kappa shape index (κ3) is 17.4. The highest BCUT2D eigenvalue weighted by Crippen LogP contribution is 1.92. The molecule has 7 heteroatoms. The van der Waals surface area contributed by atoms with Gasteiger partial charge in [0, 0.05) is 45.4 Å². The number of ether oxygens (including phenoxy) is 3. The molecule has 0 aromatic heterocycles. The van der Waals surface area contributed by atoms with E-state index in [4.69, 9.17) is 14.2 Å². The van der Waals surface area contributed by atoms with Gasteiger partial charge in [-0.25, -0.2) is 0 Å². The van der Waals surface area contributed by atoms with Crippen molar-refractivity contribution >= 4 is 11.8 Å². The first-order valence-corrected chi connectivity index (χ1v) is 9.25. The number of amides is 2. The van der Waals surface area contributed by atoms with Gasteiger partial charge >= 0.3 is 0 Å². The van der Waals surface area contributed by atoms with Crippen LogP contribution in [0.15, 0.2) is 0 Å². The van der Waals surface area contributed by atoms with Gasteiger partial charge in [-0.1, -0.05) is 13.8 Å². The summed E-state index contributed by atoms with van der Waals surface area (Å²) in [7, 11) is 0. The summed E-state index contributed by atoms with van der Waals surface area (Å²) in [5.74, 6) is 0.0171. The molecule has 0 aromatic rings. The van der Waals surface area contributed by atoms with E-state index >= 15 is 0 Å². The highest BCUT2D eigenvalue weighted by atomic mass is 16.5. The molecule has 0 atom stereocenters. The van der Waals surface area contributed by atoms with Gasteiger partial charge < -0.3 is 24.8 Å². The minimum Gasteiger partial charge on any atom is -0.381 e. The Bertz CT molecular complexity index is 348. The summed E-state index contributed by atoms with van der Waals surface area (Å²) in [6.45, 7) is 11.5. The van der Waals surface area contributed by atoms with Crippen LogP contribution in [0, 0.1) is 5.92 Å². The van der Waals surface area contributed by atoms with Crippen LogP contribution in [0.5, 0.6) is 0 Å². The van der Waals surface area contributed by atoms with Gasteiger partial charge in [0.15, 0.2) is 0 Å². The molecule has 0 fully saturated rings. The van der Waals surface area contributed by atoms with E-state index in [0.29, 0.717) is 39.5 Å². The van der Waals surface area contributed by atoms with E-state index in [1.165, 1.54) is 0 Å². The van der Waals surface area contributed by atoms with E-state index in [1.807, 2.05) is 27.7 Å². The van der Waals surface area contributed by atoms with Crippen LogP contribution < -0.4 is 10.6 Å². The maximum atomic E-state index is 11.4. The van der Waals surface area contributed by atoms with Crippen molar-refractivity contribution in [1.29, 1.82) is 0 Å². The van der Waals surface area contributed by atoms with Crippen LogP contribution in [0.4, 0.5) is 0 Å². The second-order valence-electron chi connectivity index (χ2n) is 6.44. The van der Waals surface area contributed by atoms with Crippen molar-refractivity contribution in [1.82, 2.24) is 10.6 Å². The number of rotatable bonds is 16. The van der Waals surface area contributed by atoms with Gasteiger partial charge in [-0.15, -0.1) is 0 Å². The Morgan fingerprint density at radius 3 is 1.84 bits per heavy atom. The third-order valence-electron chi connectivity index (χ3n) is 3.20. The van der Waals surface area contributed by atoms with Gasteiger partial charge in [0.05, 0.1) is 6.10 Å². The molecule has 2 amide bonds. The van der Waals surface area contributed by atoms with E-state index in [2.05, 4.69) is 10.6 Å². The summed E-state index contributed by atoms with van der Waals surface area (Å²) < 4.78 is 16.2. The van der Waals surface area contributed by atoms with Gasteiger partial charge in [0.25, 0.3) is 0 Å². The lowest BCUT2D eigenvalue weighted by Crippen LogP contribution is -2.30. The van der Waals surface area contributed by atoms with Crippen molar-refractivity contribution in [3.05, 3.63) is 0 Å². The Balaban J connectivity index is 3.19. The van der Waals surface area contributed by atoms with Crippen molar-refractivity contribution in [3.8, 4) is 0 Å². The van der Waals surface area contributed by atoms with Crippen LogP contribution in [0.1, 0.15) is 47.0 Å². The van der Waals surface area contributed by atoms with Crippen LogP contribution in [0.3, 0.4) is 0 Å². The number of hydrogen-bond donors (Lipinski definition) is 2. The number of nitrogens with one attached hydrogen (secondary N) is 2. The van der Waals surface area contributed by atoms with Crippen LogP contribution in [-0.4, -0.2) is 64.0 Å². The molecule has 7 nitrogen and oxygen atoms in total. The van der Waals surface area contributed by atoms with Crippen LogP contribution in [-0.2, 0) is 23.8 Å². The predicted octanol–water partition coefficient (Wildman–Crippen LogP) is 1.50. The first-order chi connectivity index (χ1) is 11.9. The second-order valence-corrected chi connectivity index (χ2v) is 6.44. The SMILES string of the molecule is CC(C)OCC(=O)NCCCOCCCOCCCNC(=O)C(C)C. The maximum Gasteiger partial charge on any atom is 0.246 e. The topological polar surface area (TPSA) is 85.9 Å². The molecular weight excluding hydrogens is 324 g/mol. The van der Waals surface area contributed by atoms with Crippen molar-refractivity contribution in [3.63, 3.8) is 0 Å². The molecule has 0 aliphatic rings. The average molecular weight is 360 g/mol. The molecular formula is C18H36N2O5. The summed E-state index contributed by atoms with van der Waals surface area (Å²) in [4.78, 5) is 22.7. The maximum absolute atomic E-state index is 11.4. The summed E-state index contributed by atoms with van der Waals surface area (Å²) in [6.07, 6.45) is 2.51. The molecule has 2 N–H and O–H groups in total. The normalized spacial score (nSPS) is 11.1. The van der Waals surface area contributed by atoms with Crippen molar-refractivity contribution in [2.75, 3.05) is 46.1 Å². The zero-order chi connectivity index (χ0) is 18.9. The van der Waals surface area contributed by atoms with Gasteiger partial charge in [-0.2, -0.15) is 0 Å². The van der Waals surface area contributed by atoms with Crippen molar-refractivity contribution in [2.24, 2.45) is 5.92 Å². The molecule has 0 aromatic carbocycles. The Morgan fingerprint density at radius 1 is 0.800 bits per heavy atom. The first kappa shape index (κ1) is 23.8. The largest absolute Gasteiger partial charge is 0.381 e. The molecule has 0 aliphatic carbocycles. The second kappa shape index (κ2) is 16.3. The molecule has 0 saturated carbocycles. The lowest BCUT2D eigenvalue weighted by atomic mass is 10.2. The monoisotopic (exact) mass is 360 g/mol. The summed E-state index contributed by atoms with van der Waals surface area (Å²) >= 11 is 0. The highest BCUT2D eigenvalue weighted by Gasteiger charge is 2.04. The molecule has 0 radical (unpaired) electrons. The zero-order valence-corrected chi connectivity index (χ0v) is 16.3. The van der Waals surface area contributed by atoms with E-state index < -0.39 is 0 Å². The summed E-state index contributed by atoms with van der Waals surface area (Å²) in [5.41, 5.74) is 0. The Labute approximate surface area is 152 Å². The Hall–Kier alpha value is -1.18. The highest BCUT2D eigenvalue weighted by molar-refractivity contribution is 5.77. The molecule has 148 valence electrons. The Morgan fingerprint density at radius 2 is 1.32 bits per heavy atom. The lowest BCUT2D eigenvalue weighted by Gasteiger charge is -2.09. The molecule has 0 heterocycles. The fourth-order valence-electron chi connectivity index (χ4n) is 1.75. The minimum atomic E-state index is -0.0910. The predicted molar refractivity (Wildman–Crippen MR) is 97.4 cm³/mol. The quantitative estimate of drug-likeness (QED) is 0.408. The molecule has 0 spiro atoms. The summed E-state index contributed by atoms with van der Waals surface area (Å²) in [6, 6.07) is 0. The smallest absolute Gasteiger partial charge is 0.246 e. The standard InChI is InChI=1S/C18H36N2O5/c1-15(2)18(22)20-9-6-11-24-13-7-12-23-10-5-8-19-17(21)14-25-16(3)4/h15-16H,5-14H2,1-4H3,(H,19,21)(H,20,22). The van der Waals surface area contributed by atoms with Gasteiger partial charge in [0.1, 0.15) is 6.61 Å². The molecule has 0 rings (SSSR count). The molecule has 0 bridgehead atoms. The van der Waals surface area contributed by atoms with Gasteiger partial charge in [-0.3, -0.25) is 9.59 Å². The molecule has 0 aliphatic heterocycles. The fourth-order valence-corrected chi connectivity index (χ4v) is 1.75. The van der Waals surface area contributed by atoms with Crippen molar-refractivity contribution < 1.29 is 23.8 Å². The number of carbonyl (C=O) groups excluding carboxylic acids is 2. The molecule has 25 heavy (non-hydrogen) atoms. The van der Waals surface area contributed by atoms with Crippen LogP contribution >= 0.6 is 0 Å².